The van der Waals surface area contributed by atoms with Crippen LogP contribution in [0.15, 0.2) is 10.9 Å². The second-order valence-electron chi connectivity index (χ2n) is 6.59. The van der Waals surface area contributed by atoms with Gasteiger partial charge in [0.05, 0.1) is 5.39 Å². The molecule has 25 heavy (non-hydrogen) atoms. The molecule has 8 heteroatoms. The van der Waals surface area contributed by atoms with Gasteiger partial charge in [-0.05, 0) is 41.6 Å². The minimum atomic E-state index is 0.164. The Hall–Kier alpha value is -1.70. The molecule has 136 valence electrons. The molecule has 1 aliphatic heterocycles. The summed E-state index contributed by atoms with van der Waals surface area (Å²) in [4.78, 5) is 23.2. The van der Waals surface area contributed by atoms with Crippen LogP contribution in [0.2, 0.25) is 0 Å². The van der Waals surface area contributed by atoms with Crippen molar-refractivity contribution in [2.75, 3.05) is 18.4 Å². The fraction of sp³-hybridized carbons (Fsp3) is 0.647. The Bertz CT molecular complexity index is 749. The zero-order valence-corrected chi connectivity index (χ0v) is 16.6. The first-order valence-corrected chi connectivity index (χ1v) is 9.72. The number of rotatable bonds is 5. The second-order valence-corrected chi connectivity index (χ2v) is 7.34. The van der Waals surface area contributed by atoms with E-state index in [-0.39, 0.29) is 5.92 Å². The Morgan fingerprint density at radius 1 is 1.32 bits per heavy atom. The van der Waals surface area contributed by atoms with E-state index in [9.17, 15) is 4.79 Å². The molecule has 1 fully saturated rings. The van der Waals surface area contributed by atoms with Crippen molar-refractivity contribution in [3.8, 4) is 0 Å². The lowest BCUT2D eigenvalue weighted by molar-refractivity contribution is -0.136. The SMILES string of the molecule is CCC(CC)C(=O)N1CCC(Nc2ncnc3c2c(Br)nn3C)CC1. The van der Waals surface area contributed by atoms with E-state index >= 15 is 0 Å². The monoisotopic (exact) mass is 408 g/mol. The van der Waals surface area contributed by atoms with E-state index in [4.69, 9.17) is 0 Å². The molecule has 1 amide bonds. The number of hydrogen-bond acceptors (Lipinski definition) is 5. The van der Waals surface area contributed by atoms with Crippen LogP contribution in [0, 0.1) is 5.92 Å². The van der Waals surface area contributed by atoms with Gasteiger partial charge in [-0.1, -0.05) is 13.8 Å². The summed E-state index contributed by atoms with van der Waals surface area (Å²) in [7, 11) is 1.87. The van der Waals surface area contributed by atoms with Crippen LogP contribution >= 0.6 is 15.9 Å². The zero-order valence-electron chi connectivity index (χ0n) is 15.0. The molecular weight excluding hydrogens is 384 g/mol. The highest BCUT2D eigenvalue weighted by atomic mass is 79.9. The van der Waals surface area contributed by atoms with Crippen molar-refractivity contribution in [3.63, 3.8) is 0 Å². The number of halogens is 1. The molecule has 0 aliphatic carbocycles. The smallest absolute Gasteiger partial charge is 0.225 e. The number of carbonyl (C=O) groups is 1. The molecule has 0 bridgehead atoms. The second kappa shape index (κ2) is 7.68. The lowest BCUT2D eigenvalue weighted by Crippen LogP contribution is -2.44. The van der Waals surface area contributed by atoms with E-state index in [1.165, 1.54) is 0 Å². The lowest BCUT2D eigenvalue weighted by Gasteiger charge is -2.34. The van der Waals surface area contributed by atoms with Crippen molar-refractivity contribution in [3.05, 3.63) is 10.9 Å². The molecule has 1 aliphatic rings. The summed E-state index contributed by atoms with van der Waals surface area (Å²) in [5.74, 6) is 1.27. The van der Waals surface area contributed by atoms with Gasteiger partial charge in [0.1, 0.15) is 16.7 Å². The first-order valence-electron chi connectivity index (χ1n) is 8.93. The minimum Gasteiger partial charge on any atom is -0.366 e. The molecule has 2 aromatic heterocycles. The highest BCUT2D eigenvalue weighted by molar-refractivity contribution is 9.10. The number of fused-ring (bicyclic) bond motifs is 1. The van der Waals surface area contributed by atoms with Gasteiger partial charge in [0.15, 0.2) is 5.65 Å². The Labute approximate surface area is 156 Å². The number of carbonyl (C=O) groups excluding carboxylic acids is 1. The van der Waals surface area contributed by atoms with Crippen molar-refractivity contribution < 1.29 is 4.79 Å². The highest BCUT2D eigenvalue weighted by Gasteiger charge is 2.27. The number of likely N-dealkylation sites (tertiary alicyclic amines) is 1. The Kier molecular flexibility index (Phi) is 5.56. The summed E-state index contributed by atoms with van der Waals surface area (Å²) in [6.45, 7) is 5.78. The number of aromatic nitrogens is 4. The number of hydrogen-bond donors (Lipinski definition) is 1. The van der Waals surface area contributed by atoms with E-state index in [0.29, 0.717) is 11.9 Å². The van der Waals surface area contributed by atoms with Gasteiger partial charge in [-0.2, -0.15) is 5.10 Å². The Morgan fingerprint density at radius 2 is 2.00 bits per heavy atom. The van der Waals surface area contributed by atoms with Gasteiger partial charge < -0.3 is 10.2 Å². The molecule has 1 N–H and O–H groups in total. The topological polar surface area (TPSA) is 75.9 Å². The third-order valence-electron chi connectivity index (χ3n) is 5.06. The van der Waals surface area contributed by atoms with Crippen LogP contribution in [0.3, 0.4) is 0 Å². The van der Waals surface area contributed by atoms with Crippen LogP contribution in [-0.4, -0.2) is 49.7 Å². The van der Waals surface area contributed by atoms with Gasteiger partial charge in [-0.25, -0.2) is 14.6 Å². The summed E-state index contributed by atoms with van der Waals surface area (Å²) in [5.41, 5.74) is 0.797. The minimum absolute atomic E-state index is 0.164. The van der Waals surface area contributed by atoms with Crippen LogP contribution in [0.1, 0.15) is 39.5 Å². The third-order valence-corrected chi connectivity index (χ3v) is 5.62. The molecule has 0 unspecified atom stereocenters. The molecule has 2 aromatic rings. The molecule has 3 heterocycles. The Balaban J connectivity index is 1.66. The largest absolute Gasteiger partial charge is 0.366 e. The van der Waals surface area contributed by atoms with Gasteiger partial charge in [0, 0.05) is 32.1 Å². The molecule has 0 atom stereocenters. The van der Waals surface area contributed by atoms with Gasteiger partial charge >= 0.3 is 0 Å². The molecule has 3 rings (SSSR count). The number of amides is 1. The van der Waals surface area contributed by atoms with E-state index in [0.717, 1.165) is 60.2 Å². The zero-order chi connectivity index (χ0) is 18.0. The highest BCUT2D eigenvalue weighted by Crippen LogP contribution is 2.28. The maximum absolute atomic E-state index is 12.5. The van der Waals surface area contributed by atoms with Gasteiger partial charge in [-0.3, -0.25) is 4.79 Å². The van der Waals surface area contributed by atoms with Crippen molar-refractivity contribution in [1.29, 1.82) is 0 Å². The molecular formula is C17H25BrN6O. The van der Waals surface area contributed by atoms with E-state index < -0.39 is 0 Å². The average Bonchev–Trinajstić information content (AvgIpc) is 2.92. The number of aryl methyl sites for hydroxylation is 1. The summed E-state index contributed by atoms with van der Waals surface area (Å²) in [6, 6.07) is 0.302. The summed E-state index contributed by atoms with van der Waals surface area (Å²) >= 11 is 3.49. The quantitative estimate of drug-likeness (QED) is 0.822. The molecule has 0 aromatic carbocycles. The fourth-order valence-corrected chi connectivity index (χ4v) is 4.09. The number of nitrogens with zero attached hydrogens (tertiary/aromatic N) is 5. The predicted molar refractivity (Wildman–Crippen MR) is 101 cm³/mol. The van der Waals surface area contributed by atoms with E-state index in [2.05, 4.69) is 50.2 Å². The summed E-state index contributed by atoms with van der Waals surface area (Å²) in [5, 5.41) is 8.78. The van der Waals surface area contributed by atoms with Gasteiger partial charge in [-0.15, -0.1) is 0 Å². The molecule has 0 saturated carbocycles. The standard InChI is InChI=1S/C17H25BrN6O/c1-4-11(5-2)17(25)24-8-6-12(7-9-24)21-15-13-14(18)22-23(3)16(13)20-10-19-15/h10-12H,4-9H2,1-3H3,(H,19,20,21). The first-order chi connectivity index (χ1) is 12.0. The normalized spacial score (nSPS) is 16.0. The van der Waals surface area contributed by atoms with Crippen molar-refractivity contribution in [2.24, 2.45) is 13.0 Å². The van der Waals surface area contributed by atoms with Crippen molar-refractivity contribution in [1.82, 2.24) is 24.6 Å². The number of nitrogens with one attached hydrogen (secondary N) is 1. The van der Waals surface area contributed by atoms with Crippen LogP contribution in [-0.2, 0) is 11.8 Å². The number of anilines is 1. The van der Waals surface area contributed by atoms with Crippen molar-refractivity contribution >= 4 is 38.7 Å². The van der Waals surface area contributed by atoms with Crippen LogP contribution in [0.25, 0.3) is 11.0 Å². The van der Waals surface area contributed by atoms with Crippen molar-refractivity contribution in [2.45, 2.75) is 45.6 Å². The van der Waals surface area contributed by atoms with E-state index in [1.807, 2.05) is 11.9 Å². The third kappa shape index (κ3) is 3.63. The maximum Gasteiger partial charge on any atom is 0.225 e. The predicted octanol–water partition coefficient (Wildman–Crippen LogP) is 2.96. The summed E-state index contributed by atoms with van der Waals surface area (Å²) < 4.78 is 2.48. The van der Waals surface area contributed by atoms with Crippen LogP contribution in [0.4, 0.5) is 5.82 Å². The van der Waals surface area contributed by atoms with Crippen LogP contribution < -0.4 is 5.32 Å². The molecule has 7 nitrogen and oxygen atoms in total. The first kappa shape index (κ1) is 18.1. The van der Waals surface area contributed by atoms with E-state index in [1.54, 1.807) is 11.0 Å². The molecule has 1 saturated heterocycles. The Morgan fingerprint density at radius 3 is 2.64 bits per heavy atom. The molecule has 0 radical (unpaired) electrons. The fourth-order valence-electron chi connectivity index (χ4n) is 3.48. The average molecular weight is 409 g/mol. The summed E-state index contributed by atoms with van der Waals surface area (Å²) in [6.07, 6.45) is 5.25. The number of piperidine rings is 1. The van der Waals surface area contributed by atoms with Crippen LogP contribution in [0.5, 0.6) is 0 Å². The van der Waals surface area contributed by atoms with Gasteiger partial charge in [0.25, 0.3) is 0 Å². The lowest BCUT2D eigenvalue weighted by atomic mass is 9.98. The molecule has 0 spiro atoms. The maximum atomic E-state index is 12.5. The van der Waals surface area contributed by atoms with Gasteiger partial charge in [0.2, 0.25) is 5.91 Å².